The Bertz CT molecular complexity index is 1670. The van der Waals surface area contributed by atoms with E-state index in [9.17, 15) is 41.0 Å². The average molecular weight is 599 g/mol. The van der Waals surface area contributed by atoms with Crippen LogP contribution in [0.3, 0.4) is 0 Å². The van der Waals surface area contributed by atoms with Gasteiger partial charge in [-0.05, 0) is 36.4 Å². The van der Waals surface area contributed by atoms with Crippen molar-refractivity contribution in [2.24, 2.45) is 0 Å². The molecule has 1 heterocycles. The zero-order valence-corrected chi connectivity index (χ0v) is 20.3. The normalized spacial score (nSPS) is 10.4. The molecule has 1 aromatic heterocycles. The van der Waals surface area contributed by atoms with E-state index in [0.29, 0.717) is 0 Å². The lowest BCUT2D eigenvalue weighted by Crippen LogP contribution is -2.06. The second kappa shape index (κ2) is 12.1. The molecule has 0 unspecified atom stereocenters. The first-order valence-electron chi connectivity index (χ1n) is 10.8. The monoisotopic (exact) mass is 599 g/mol. The first kappa shape index (κ1) is 30.7. The molecule has 3 aromatic carbocycles. The predicted octanol–water partition coefficient (Wildman–Crippen LogP) is 5.16. The van der Waals surface area contributed by atoms with Gasteiger partial charge in [-0.25, -0.2) is 14.0 Å². The number of phenolic OH excluding ortho intramolecular Hbond substituents is 1. The number of aromatic hydroxyl groups is 2. The number of para-hydroxylation sites is 1. The van der Waals surface area contributed by atoms with Crippen LogP contribution in [0.2, 0.25) is 0 Å². The maximum absolute atomic E-state index is 14.6. The van der Waals surface area contributed by atoms with Crippen molar-refractivity contribution in [3.05, 3.63) is 88.6 Å². The van der Waals surface area contributed by atoms with Crippen LogP contribution in [0, 0.1) is 35.0 Å². The summed E-state index contributed by atoms with van der Waals surface area (Å²) in [6.45, 7) is 0. The van der Waals surface area contributed by atoms with Crippen molar-refractivity contribution in [1.82, 2.24) is 4.98 Å². The number of hydrogen-bond acceptors (Lipinski definition) is 9. The number of pyridine rings is 1. The molecule has 0 aliphatic rings. The first-order chi connectivity index (χ1) is 19.6. The lowest BCUT2D eigenvalue weighted by Gasteiger charge is -2.14. The number of anilines is 2. The van der Waals surface area contributed by atoms with Crippen molar-refractivity contribution in [1.29, 1.82) is 0 Å². The summed E-state index contributed by atoms with van der Waals surface area (Å²) in [7, 11) is 0. The zero-order chi connectivity index (χ0) is 31.5. The number of nitrogen functional groups attached to an aromatic ring is 2. The van der Waals surface area contributed by atoms with E-state index in [2.05, 4.69) is 9.72 Å². The molecule has 0 amide bonds. The van der Waals surface area contributed by atoms with E-state index < -0.39 is 75.8 Å². The van der Waals surface area contributed by atoms with Crippen molar-refractivity contribution in [3.8, 4) is 34.6 Å². The van der Waals surface area contributed by atoms with E-state index in [1.165, 1.54) is 18.2 Å². The van der Waals surface area contributed by atoms with Crippen LogP contribution in [-0.4, -0.2) is 37.3 Å². The van der Waals surface area contributed by atoms with Crippen LogP contribution >= 0.6 is 0 Å². The van der Waals surface area contributed by atoms with Crippen LogP contribution in [0.4, 0.5) is 37.7 Å². The fourth-order valence-corrected chi connectivity index (χ4v) is 2.98. The van der Waals surface area contributed by atoms with Gasteiger partial charge in [0.1, 0.15) is 17.0 Å². The topological polar surface area (TPSA) is 198 Å². The van der Waals surface area contributed by atoms with Crippen molar-refractivity contribution >= 4 is 23.3 Å². The number of aromatic carboxylic acids is 2. The number of benzene rings is 3. The first-order valence-corrected chi connectivity index (χ1v) is 10.8. The quantitative estimate of drug-likeness (QED) is 0.0563. The summed E-state index contributed by atoms with van der Waals surface area (Å²) in [4.78, 5) is 24.0. The number of aromatic nitrogens is 1. The molecule has 0 bridgehead atoms. The highest BCUT2D eigenvalue weighted by atomic mass is 19.2. The number of carboxylic acids is 2. The van der Waals surface area contributed by atoms with E-state index >= 15 is 0 Å². The second-order valence-electron chi connectivity index (χ2n) is 7.78. The summed E-state index contributed by atoms with van der Waals surface area (Å²) < 4.78 is 93.2. The van der Waals surface area contributed by atoms with E-state index in [-0.39, 0.29) is 28.3 Å². The van der Waals surface area contributed by atoms with Gasteiger partial charge in [0.25, 0.3) is 11.8 Å². The number of rotatable bonds is 6. The van der Waals surface area contributed by atoms with Gasteiger partial charge >= 0.3 is 11.9 Å². The summed E-state index contributed by atoms with van der Waals surface area (Å²) in [5, 5.41) is 35.7. The lowest BCUT2D eigenvalue weighted by atomic mass is 10.2. The molecule has 8 N–H and O–H groups in total. The molecule has 0 fully saturated rings. The molecule has 0 radical (unpaired) electrons. The number of phenols is 2. The van der Waals surface area contributed by atoms with E-state index in [1.807, 2.05) is 0 Å². The molecule has 220 valence electrons. The fraction of sp³-hybridized carbons (Fsp3) is 0. The third kappa shape index (κ3) is 6.14. The highest BCUT2D eigenvalue weighted by molar-refractivity contribution is 5.92. The second-order valence-corrected chi connectivity index (χ2v) is 7.78. The van der Waals surface area contributed by atoms with Crippen molar-refractivity contribution in [3.63, 3.8) is 0 Å². The Morgan fingerprint density at radius 2 is 1.29 bits per heavy atom. The number of carbonyl (C=O) groups is 2. The Morgan fingerprint density at radius 1 is 0.690 bits per heavy atom. The Kier molecular flexibility index (Phi) is 8.84. The summed E-state index contributed by atoms with van der Waals surface area (Å²) in [6.07, 6.45) is 0. The highest BCUT2D eigenvalue weighted by Crippen LogP contribution is 2.41. The van der Waals surface area contributed by atoms with Gasteiger partial charge in [0.2, 0.25) is 34.8 Å². The molecular formula is C25H15F6N3O8. The van der Waals surface area contributed by atoms with E-state index in [0.717, 1.165) is 24.3 Å². The average Bonchev–Trinajstić information content (AvgIpc) is 2.95. The van der Waals surface area contributed by atoms with Crippen molar-refractivity contribution in [2.75, 3.05) is 11.5 Å². The van der Waals surface area contributed by atoms with Crippen LogP contribution in [0.5, 0.6) is 34.6 Å². The lowest BCUT2D eigenvalue weighted by molar-refractivity contribution is 0.0684. The Morgan fingerprint density at radius 3 is 1.83 bits per heavy atom. The summed E-state index contributed by atoms with van der Waals surface area (Å²) in [5.41, 5.74) is 8.57. The van der Waals surface area contributed by atoms with Crippen LogP contribution in [0.25, 0.3) is 0 Å². The zero-order valence-electron chi connectivity index (χ0n) is 20.3. The molecule has 4 aromatic rings. The van der Waals surface area contributed by atoms with Crippen LogP contribution in [0.15, 0.2) is 42.5 Å². The third-order valence-corrected chi connectivity index (χ3v) is 5.08. The van der Waals surface area contributed by atoms with Crippen molar-refractivity contribution in [2.45, 2.75) is 0 Å². The number of nitrogens with zero attached hydrogens (tertiary/aromatic N) is 1. The Hall–Kier alpha value is -5.87. The summed E-state index contributed by atoms with van der Waals surface area (Å²) in [5.74, 6) is -21.8. The fourth-order valence-electron chi connectivity index (χ4n) is 2.98. The molecule has 17 heteroatoms. The predicted molar refractivity (Wildman–Crippen MR) is 130 cm³/mol. The summed E-state index contributed by atoms with van der Waals surface area (Å²) >= 11 is 0. The smallest absolute Gasteiger partial charge is 0.339 e. The Labute approximate surface area is 229 Å². The van der Waals surface area contributed by atoms with Crippen LogP contribution in [0.1, 0.15) is 20.7 Å². The van der Waals surface area contributed by atoms with E-state index in [4.69, 9.17) is 31.5 Å². The van der Waals surface area contributed by atoms with Crippen LogP contribution < -0.4 is 20.9 Å². The minimum absolute atomic E-state index is 0.0740. The number of halogens is 6. The number of hydrogen-bond donors (Lipinski definition) is 6. The molecule has 0 atom stereocenters. The van der Waals surface area contributed by atoms with E-state index in [1.54, 1.807) is 0 Å². The summed E-state index contributed by atoms with van der Waals surface area (Å²) in [6, 6.07) is 8.32. The molecular weight excluding hydrogens is 584 g/mol. The molecule has 0 saturated carbocycles. The van der Waals surface area contributed by atoms with Gasteiger partial charge in [-0.2, -0.15) is 26.9 Å². The number of carboxylic acid groups (broad SMARTS) is 2. The number of ether oxygens (including phenoxy) is 2. The highest BCUT2D eigenvalue weighted by Gasteiger charge is 2.30. The molecule has 42 heavy (non-hydrogen) atoms. The minimum Gasteiger partial charge on any atom is -0.505 e. The maximum atomic E-state index is 14.6. The molecule has 0 spiro atoms. The van der Waals surface area contributed by atoms with Crippen molar-refractivity contribution < 1.29 is 65.8 Å². The van der Waals surface area contributed by atoms with Gasteiger partial charge in [0.15, 0.2) is 17.3 Å². The minimum atomic E-state index is -2.16. The molecule has 4 rings (SSSR count). The standard InChI is InChI=1S/C18H8F6N2O5.C7H7NO3/c19-7-8(20)14(9(21)13(27)12(7)25)31-15-10(22)16(24)26-17(11(15)23)30-6-3-1-5(2-4-6)18(28)29;8-5-3-1-2-4(6(5)9)7(10)11/h1-4,27H,25H2,(H,28,29);1-3,9H,8H2,(H,10,11). The van der Waals surface area contributed by atoms with Gasteiger partial charge in [0, 0.05) is 0 Å². The molecule has 11 nitrogen and oxygen atoms in total. The molecule has 0 aliphatic heterocycles. The Balaban J connectivity index is 0.000000369. The molecule has 0 saturated heterocycles. The van der Waals surface area contributed by atoms with Gasteiger partial charge in [-0.3, -0.25) is 0 Å². The maximum Gasteiger partial charge on any atom is 0.339 e. The van der Waals surface area contributed by atoms with Gasteiger partial charge in [-0.1, -0.05) is 6.07 Å². The third-order valence-electron chi connectivity index (χ3n) is 5.08. The van der Waals surface area contributed by atoms with Gasteiger partial charge in [-0.15, -0.1) is 0 Å². The molecule has 0 aliphatic carbocycles. The van der Waals surface area contributed by atoms with Gasteiger partial charge < -0.3 is 41.4 Å². The van der Waals surface area contributed by atoms with Gasteiger partial charge in [0.05, 0.1) is 11.3 Å². The number of nitrogens with two attached hydrogens (primary N) is 2. The van der Waals surface area contributed by atoms with Crippen LogP contribution in [-0.2, 0) is 0 Å². The largest absolute Gasteiger partial charge is 0.505 e. The SMILES string of the molecule is Nc1c(O)c(F)c(Oc2c(F)c(F)nc(Oc3ccc(C(=O)O)cc3)c2F)c(F)c1F.Nc1cccc(C(=O)O)c1O.